The molecule has 0 saturated carbocycles. The summed E-state index contributed by atoms with van der Waals surface area (Å²) in [5.41, 5.74) is 6.75. The second-order valence-electron chi connectivity index (χ2n) is 8.26. The van der Waals surface area contributed by atoms with Crippen molar-refractivity contribution in [2.45, 2.75) is 51.2 Å². The van der Waals surface area contributed by atoms with E-state index in [2.05, 4.69) is 20.9 Å². The zero-order valence-corrected chi connectivity index (χ0v) is 19.5. The van der Waals surface area contributed by atoms with E-state index in [0.717, 1.165) is 10.9 Å². The van der Waals surface area contributed by atoms with Gasteiger partial charge in [0, 0.05) is 23.5 Å². The predicted octanol–water partition coefficient (Wildman–Crippen LogP) is -0.271. The van der Waals surface area contributed by atoms with Gasteiger partial charge in [-0.05, 0) is 17.5 Å². The number of carboxylic acids is 2. The fourth-order valence-corrected chi connectivity index (χ4v) is 3.57. The highest BCUT2D eigenvalue weighted by Gasteiger charge is 2.33. The normalized spacial score (nSPS) is 14.4. The molecule has 2 aromatic rings. The Morgan fingerprint density at radius 2 is 1.69 bits per heavy atom. The third-order valence-corrected chi connectivity index (χ3v) is 5.72. The maximum absolute atomic E-state index is 13.1. The third kappa shape index (κ3) is 7.54. The maximum Gasteiger partial charge on any atom is 0.326 e. The van der Waals surface area contributed by atoms with Gasteiger partial charge in [0.2, 0.25) is 17.7 Å². The number of aromatic amines is 1. The summed E-state index contributed by atoms with van der Waals surface area (Å²) >= 11 is 0. The van der Waals surface area contributed by atoms with Crippen LogP contribution in [0.2, 0.25) is 0 Å². The minimum atomic E-state index is -1.45. The molecule has 0 saturated heterocycles. The number of benzene rings is 1. The Balaban J connectivity index is 2.20. The van der Waals surface area contributed by atoms with E-state index in [1.807, 2.05) is 24.3 Å². The van der Waals surface area contributed by atoms with Crippen molar-refractivity contribution in [3.8, 4) is 0 Å². The number of nitrogens with two attached hydrogens (primary N) is 1. The Hall–Kier alpha value is -3.93. The monoisotopic (exact) mass is 489 g/mol. The molecule has 1 heterocycles. The minimum absolute atomic E-state index is 0.000452. The van der Waals surface area contributed by atoms with Crippen LogP contribution in [0.5, 0.6) is 0 Å². The summed E-state index contributed by atoms with van der Waals surface area (Å²) in [5, 5.41) is 26.8. The highest BCUT2D eigenvalue weighted by molar-refractivity contribution is 5.95. The molecule has 0 aliphatic carbocycles. The van der Waals surface area contributed by atoms with Crippen molar-refractivity contribution in [3.05, 3.63) is 36.0 Å². The lowest BCUT2D eigenvalue weighted by atomic mass is 9.96. The van der Waals surface area contributed by atoms with Gasteiger partial charge in [-0.15, -0.1) is 0 Å². The number of carbonyl (C=O) groups is 5. The van der Waals surface area contributed by atoms with Crippen molar-refractivity contribution >= 4 is 40.6 Å². The summed E-state index contributed by atoms with van der Waals surface area (Å²) in [4.78, 5) is 63.6. The second-order valence-corrected chi connectivity index (χ2v) is 8.26. The van der Waals surface area contributed by atoms with Gasteiger partial charge >= 0.3 is 11.9 Å². The van der Waals surface area contributed by atoms with Crippen LogP contribution in [0.15, 0.2) is 30.5 Å². The summed E-state index contributed by atoms with van der Waals surface area (Å²) < 4.78 is 0. The molecule has 35 heavy (non-hydrogen) atoms. The molecule has 190 valence electrons. The number of carbonyl (C=O) groups excluding carboxylic acids is 3. The predicted molar refractivity (Wildman–Crippen MR) is 126 cm³/mol. The number of hydrogen-bond donors (Lipinski definition) is 7. The third-order valence-electron chi connectivity index (χ3n) is 5.72. The first-order valence-corrected chi connectivity index (χ1v) is 11.2. The number of H-pyrrole nitrogens is 1. The van der Waals surface area contributed by atoms with Crippen LogP contribution in [0.25, 0.3) is 10.9 Å². The van der Waals surface area contributed by atoms with E-state index in [0.29, 0.717) is 12.0 Å². The Kier molecular flexibility index (Phi) is 9.76. The van der Waals surface area contributed by atoms with E-state index in [1.54, 1.807) is 20.0 Å². The molecule has 1 aromatic carbocycles. The van der Waals surface area contributed by atoms with Crippen molar-refractivity contribution in [1.29, 1.82) is 0 Å². The summed E-state index contributed by atoms with van der Waals surface area (Å²) in [7, 11) is 0. The van der Waals surface area contributed by atoms with E-state index in [9.17, 15) is 29.1 Å². The number of carboxylic acid groups (broad SMARTS) is 2. The average molecular weight is 490 g/mol. The van der Waals surface area contributed by atoms with Crippen LogP contribution in [0, 0.1) is 5.92 Å². The fraction of sp³-hybridized carbons (Fsp3) is 0.435. The smallest absolute Gasteiger partial charge is 0.326 e. The lowest BCUT2D eigenvalue weighted by Gasteiger charge is -2.27. The van der Waals surface area contributed by atoms with E-state index < -0.39 is 66.7 Å². The number of aliphatic carboxylic acids is 2. The summed E-state index contributed by atoms with van der Waals surface area (Å²) in [5.74, 6) is -5.37. The van der Waals surface area contributed by atoms with E-state index in [-0.39, 0.29) is 6.42 Å². The zero-order chi connectivity index (χ0) is 26.1. The molecule has 0 aliphatic rings. The van der Waals surface area contributed by atoms with Gasteiger partial charge in [0.25, 0.3) is 0 Å². The molecule has 0 bridgehead atoms. The molecule has 3 amide bonds. The van der Waals surface area contributed by atoms with Crippen LogP contribution in [0.4, 0.5) is 0 Å². The van der Waals surface area contributed by atoms with Gasteiger partial charge in [-0.1, -0.05) is 38.5 Å². The maximum atomic E-state index is 13.1. The van der Waals surface area contributed by atoms with Crippen molar-refractivity contribution in [2.24, 2.45) is 11.7 Å². The Morgan fingerprint density at radius 1 is 1.00 bits per heavy atom. The Morgan fingerprint density at radius 3 is 2.29 bits per heavy atom. The number of nitrogens with one attached hydrogen (secondary N) is 4. The van der Waals surface area contributed by atoms with Crippen molar-refractivity contribution in [1.82, 2.24) is 20.9 Å². The van der Waals surface area contributed by atoms with E-state index in [4.69, 9.17) is 10.8 Å². The molecular formula is C23H31N5O7. The van der Waals surface area contributed by atoms with Crippen molar-refractivity contribution in [2.75, 3.05) is 6.54 Å². The first kappa shape index (κ1) is 27.3. The molecule has 4 unspecified atom stereocenters. The average Bonchev–Trinajstić information content (AvgIpc) is 3.23. The number of rotatable bonds is 13. The molecule has 0 aliphatic heterocycles. The van der Waals surface area contributed by atoms with Gasteiger partial charge in [0.05, 0.1) is 13.0 Å². The van der Waals surface area contributed by atoms with Gasteiger partial charge in [-0.2, -0.15) is 0 Å². The lowest BCUT2D eigenvalue weighted by molar-refractivity contribution is -0.143. The Labute approximate surface area is 201 Å². The number of fused-ring (bicyclic) bond motifs is 1. The van der Waals surface area contributed by atoms with Crippen molar-refractivity contribution < 1.29 is 34.2 Å². The van der Waals surface area contributed by atoms with Crippen LogP contribution in [0.3, 0.4) is 0 Å². The molecule has 8 N–H and O–H groups in total. The van der Waals surface area contributed by atoms with Crippen LogP contribution in [0.1, 0.15) is 32.3 Å². The highest BCUT2D eigenvalue weighted by atomic mass is 16.4. The molecular weight excluding hydrogens is 458 g/mol. The molecule has 12 nitrogen and oxygen atoms in total. The van der Waals surface area contributed by atoms with Crippen molar-refractivity contribution in [3.63, 3.8) is 0 Å². The molecule has 0 spiro atoms. The van der Waals surface area contributed by atoms with Gasteiger partial charge in [0.1, 0.15) is 18.1 Å². The van der Waals surface area contributed by atoms with Gasteiger partial charge < -0.3 is 36.9 Å². The first-order valence-electron chi connectivity index (χ1n) is 11.2. The van der Waals surface area contributed by atoms with Crippen LogP contribution >= 0.6 is 0 Å². The van der Waals surface area contributed by atoms with E-state index >= 15 is 0 Å². The van der Waals surface area contributed by atoms with Gasteiger partial charge in [-0.25, -0.2) is 4.79 Å². The molecule has 1 aromatic heterocycles. The van der Waals surface area contributed by atoms with Crippen LogP contribution < -0.4 is 21.7 Å². The lowest BCUT2D eigenvalue weighted by Crippen LogP contribution is -2.58. The minimum Gasteiger partial charge on any atom is -0.481 e. The quantitative estimate of drug-likeness (QED) is 0.199. The molecule has 12 heteroatoms. The molecule has 0 radical (unpaired) electrons. The highest BCUT2D eigenvalue weighted by Crippen LogP contribution is 2.19. The molecule has 2 rings (SSSR count). The molecule has 0 fully saturated rings. The standard InChI is InChI=1S/C23H31N5O7/c1-3-12(2)20(28-21(32)16(9-19(30)31)26-18(29)10-24)22(33)27-17(23(34)35)8-13-11-25-15-7-5-4-6-14(13)15/h4-7,11-12,16-17,20,25H,3,8-10,24H2,1-2H3,(H,26,29)(H,27,33)(H,28,32)(H,30,31)(H,34,35). The topological polar surface area (TPSA) is 204 Å². The fourth-order valence-electron chi connectivity index (χ4n) is 3.57. The van der Waals surface area contributed by atoms with Crippen LogP contribution in [-0.2, 0) is 30.4 Å². The first-order chi connectivity index (χ1) is 16.6. The number of amides is 3. The Bertz CT molecular complexity index is 1080. The SMILES string of the molecule is CCC(C)C(NC(=O)C(CC(=O)O)NC(=O)CN)C(=O)NC(Cc1c[nH]c2ccccc12)C(=O)O. The zero-order valence-electron chi connectivity index (χ0n) is 19.5. The van der Waals surface area contributed by atoms with Gasteiger partial charge in [0.15, 0.2) is 0 Å². The van der Waals surface area contributed by atoms with E-state index in [1.165, 1.54) is 0 Å². The summed E-state index contributed by atoms with van der Waals surface area (Å²) in [6.07, 6.45) is 1.42. The number of hydrogen-bond acceptors (Lipinski definition) is 6. The van der Waals surface area contributed by atoms with Crippen LogP contribution in [-0.4, -0.2) is 69.5 Å². The number of para-hydroxylation sites is 1. The number of aromatic nitrogens is 1. The van der Waals surface area contributed by atoms with Gasteiger partial charge in [-0.3, -0.25) is 19.2 Å². The largest absolute Gasteiger partial charge is 0.481 e. The summed E-state index contributed by atoms with van der Waals surface area (Å²) in [6.45, 7) is 3.01. The second kappa shape index (κ2) is 12.5. The summed E-state index contributed by atoms with van der Waals surface area (Å²) in [6, 6.07) is 3.44. The molecule has 4 atom stereocenters.